The Bertz CT molecular complexity index is 1100. The van der Waals surface area contributed by atoms with Crippen molar-refractivity contribution >= 4 is 17.2 Å². The van der Waals surface area contributed by atoms with E-state index >= 15 is 0 Å². The molecule has 1 aromatic heterocycles. The molecule has 2 fully saturated rings. The molecule has 3 aromatic rings. The zero-order valence-electron chi connectivity index (χ0n) is 22.4. The molecule has 6 heteroatoms. The normalized spacial score (nSPS) is 19.1. The number of nitrogens with two attached hydrogens (primary N) is 1. The lowest BCUT2D eigenvalue weighted by molar-refractivity contribution is -0.123. The molecule has 202 valence electrons. The van der Waals surface area contributed by atoms with Crippen molar-refractivity contribution in [2.75, 3.05) is 52.5 Å². The highest BCUT2D eigenvalue weighted by Gasteiger charge is 2.49. The van der Waals surface area contributed by atoms with Gasteiger partial charge >= 0.3 is 0 Å². The zero-order valence-corrected chi connectivity index (χ0v) is 23.2. The third-order valence-electron chi connectivity index (χ3n) is 8.35. The van der Waals surface area contributed by atoms with Crippen molar-refractivity contribution in [2.24, 2.45) is 11.7 Å². The molecular weight excluding hydrogens is 490 g/mol. The van der Waals surface area contributed by atoms with Gasteiger partial charge in [0.25, 0.3) is 0 Å². The molecule has 3 heterocycles. The second kappa shape index (κ2) is 13.0. The Morgan fingerprint density at radius 1 is 0.816 bits per heavy atom. The molecule has 0 saturated carbocycles. The monoisotopic (exact) mass is 531 g/mol. The smallest absolute Gasteiger partial charge is 0.232 e. The van der Waals surface area contributed by atoms with Crippen LogP contribution >= 0.6 is 11.3 Å². The lowest BCUT2D eigenvalue weighted by atomic mass is 9.64. The number of morpholine rings is 1. The molecular formula is C32H41N3O2S. The molecule has 0 aliphatic carbocycles. The summed E-state index contributed by atoms with van der Waals surface area (Å²) in [6, 6.07) is 25.0. The van der Waals surface area contributed by atoms with E-state index in [1.165, 1.54) is 29.1 Å². The molecule has 1 atom stereocenters. The van der Waals surface area contributed by atoms with Gasteiger partial charge in [-0.15, -0.1) is 11.3 Å². The molecule has 38 heavy (non-hydrogen) atoms. The molecule has 2 aliphatic rings. The van der Waals surface area contributed by atoms with Crippen molar-refractivity contribution in [1.82, 2.24) is 9.80 Å². The van der Waals surface area contributed by atoms with Crippen molar-refractivity contribution in [1.29, 1.82) is 0 Å². The van der Waals surface area contributed by atoms with E-state index in [2.05, 4.69) is 46.2 Å². The fourth-order valence-electron chi connectivity index (χ4n) is 6.38. The standard InChI is InChI=1S/C32H41N3O2S/c33-31(36)32(26-9-3-1-4-10-26,27-11-5-2-6-12-27)28-17-20-35(25-28)19-8-14-30-16-15-29(38-30)13-7-18-34-21-23-37-24-22-34/h1-6,9-12,15-16,28H,7-8,13-14,17-25H2,(H2,33,36). The Morgan fingerprint density at radius 3 is 1.92 bits per heavy atom. The predicted molar refractivity (Wildman–Crippen MR) is 156 cm³/mol. The lowest BCUT2D eigenvalue weighted by Crippen LogP contribution is -2.49. The first kappa shape index (κ1) is 27.1. The molecule has 2 N–H and O–H groups in total. The van der Waals surface area contributed by atoms with E-state index in [1.54, 1.807) is 0 Å². The molecule has 2 saturated heterocycles. The van der Waals surface area contributed by atoms with Crippen LogP contribution in [0.2, 0.25) is 0 Å². The first-order valence-electron chi connectivity index (χ1n) is 14.2. The summed E-state index contributed by atoms with van der Waals surface area (Å²) in [5.41, 5.74) is 7.46. The number of benzene rings is 2. The van der Waals surface area contributed by atoms with Gasteiger partial charge in [-0.2, -0.15) is 0 Å². The SMILES string of the molecule is NC(=O)C(c1ccccc1)(c1ccccc1)C1CCN(CCCc2ccc(CCCN3CCOCC3)s2)C1. The van der Waals surface area contributed by atoms with Crippen LogP contribution in [0.25, 0.3) is 0 Å². The van der Waals surface area contributed by atoms with Crippen LogP contribution in [0.5, 0.6) is 0 Å². The highest BCUT2D eigenvalue weighted by atomic mass is 32.1. The van der Waals surface area contributed by atoms with Crippen LogP contribution in [0.3, 0.4) is 0 Å². The number of thiophene rings is 1. The van der Waals surface area contributed by atoms with Gasteiger partial charge in [-0.1, -0.05) is 60.7 Å². The van der Waals surface area contributed by atoms with E-state index in [0.29, 0.717) is 0 Å². The van der Waals surface area contributed by atoms with Crippen molar-refractivity contribution in [3.8, 4) is 0 Å². The molecule has 0 bridgehead atoms. The Kier molecular flexibility index (Phi) is 9.28. The summed E-state index contributed by atoms with van der Waals surface area (Å²) in [6.45, 7) is 8.03. The van der Waals surface area contributed by atoms with Gasteiger partial charge in [-0.05, 0) is 80.9 Å². The van der Waals surface area contributed by atoms with E-state index in [0.717, 1.165) is 76.3 Å². The Labute approximate surface area is 231 Å². The maximum atomic E-state index is 13.3. The van der Waals surface area contributed by atoms with Crippen LogP contribution in [0, 0.1) is 5.92 Å². The fraction of sp³-hybridized carbons (Fsp3) is 0.469. The van der Waals surface area contributed by atoms with E-state index < -0.39 is 5.41 Å². The maximum Gasteiger partial charge on any atom is 0.232 e. The molecule has 0 spiro atoms. The average Bonchev–Trinajstić information content (AvgIpc) is 3.61. The van der Waals surface area contributed by atoms with Gasteiger partial charge in [0.1, 0.15) is 5.41 Å². The van der Waals surface area contributed by atoms with E-state index in [-0.39, 0.29) is 11.8 Å². The number of carbonyl (C=O) groups excluding carboxylic acids is 1. The number of rotatable bonds is 12. The van der Waals surface area contributed by atoms with Gasteiger partial charge in [0, 0.05) is 29.4 Å². The first-order valence-corrected chi connectivity index (χ1v) is 15.0. The summed E-state index contributed by atoms with van der Waals surface area (Å²) >= 11 is 1.98. The third kappa shape index (κ3) is 6.20. The minimum Gasteiger partial charge on any atom is -0.379 e. The molecule has 1 unspecified atom stereocenters. The van der Waals surface area contributed by atoms with Gasteiger partial charge in [0.15, 0.2) is 0 Å². The minimum atomic E-state index is -0.804. The Morgan fingerprint density at radius 2 is 1.37 bits per heavy atom. The van der Waals surface area contributed by atoms with Crippen molar-refractivity contribution < 1.29 is 9.53 Å². The summed E-state index contributed by atoms with van der Waals surface area (Å²) in [4.78, 5) is 21.3. The van der Waals surface area contributed by atoms with E-state index in [1.807, 2.05) is 47.7 Å². The topological polar surface area (TPSA) is 58.8 Å². The van der Waals surface area contributed by atoms with Crippen LogP contribution in [0.1, 0.15) is 40.1 Å². The molecule has 5 nitrogen and oxygen atoms in total. The number of hydrogen-bond acceptors (Lipinski definition) is 5. The number of hydrogen-bond donors (Lipinski definition) is 1. The zero-order chi connectivity index (χ0) is 26.2. The largest absolute Gasteiger partial charge is 0.379 e. The van der Waals surface area contributed by atoms with Gasteiger partial charge in [-0.25, -0.2) is 0 Å². The molecule has 1 amide bonds. The van der Waals surface area contributed by atoms with Crippen LogP contribution in [0.15, 0.2) is 72.8 Å². The van der Waals surface area contributed by atoms with Gasteiger partial charge < -0.3 is 15.4 Å². The predicted octanol–water partition coefficient (Wildman–Crippen LogP) is 4.74. The lowest BCUT2D eigenvalue weighted by Gasteiger charge is -2.37. The number of carbonyl (C=O) groups is 1. The summed E-state index contributed by atoms with van der Waals surface area (Å²) < 4.78 is 5.45. The van der Waals surface area contributed by atoms with Crippen LogP contribution in [-0.2, 0) is 27.8 Å². The number of nitrogens with zero attached hydrogens (tertiary/aromatic N) is 2. The van der Waals surface area contributed by atoms with Gasteiger partial charge in [0.05, 0.1) is 13.2 Å². The quantitative estimate of drug-likeness (QED) is 0.367. The Hall–Kier alpha value is -2.51. The minimum absolute atomic E-state index is 0.157. The first-order chi connectivity index (χ1) is 18.7. The van der Waals surface area contributed by atoms with Gasteiger partial charge in [-0.3, -0.25) is 9.69 Å². The van der Waals surface area contributed by atoms with E-state index in [9.17, 15) is 4.79 Å². The summed E-state index contributed by atoms with van der Waals surface area (Å²) in [5, 5.41) is 0. The number of primary amides is 1. The van der Waals surface area contributed by atoms with Crippen molar-refractivity contribution in [2.45, 2.75) is 37.5 Å². The van der Waals surface area contributed by atoms with Crippen LogP contribution in [-0.4, -0.2) is 68.2 Å². The molecule has 2 aliphatic heterocycles. The molecule has 5 rings (SSSR count). The van der Waals surface area contributed by atoms with Crippen LogP contribution < -0.4 is 5.73 Å². The second-order valence-electron chi connectivity index (χ2n) is 10.7. The number of ether oxygens (including phenoxy) is 1. The number of amides is 1. The summed E-state index contributed by atoms with van der Waals surface area (Å²) in [7, 11) is 0. The number of aryl methyl sites for hydroxylation is 2. The summed E-state index contributed by atoms with van der Waals surface area (Å²) in [5.74, 6) is -0.0916. The fourth-order valence-corrected chi connectivity index (χ4v) is 7.49. The Balaban J connectivity index is 1.16. The third-order valence-corrected chi connectivity index (χ3v) is 9.55. The van der Waals surface area contributed by atoms with Crippen molar-refractivity contribution in [3.63, 3.8) is 0 Å². The average molecular weight is 532 g/mol. The highest BCUT2D eigenvalue weighted by molar-refractivity contribution is 7.11. The van der Waals surface area contributed by atoms with Crippen molar-refractivity contribution in [3.05, 3.63) is 93.7 Å². The maximum absolute atomic E-state index is 13.3. The van der Waals surface area contributed by atoms with Crippen LogP contribution in [0.4, 0.5) is 0 Å². The highest BCUT2D eigenvalue weighted by Crippen LogP contribution is 2.43. The molecule has 0 radical (unpaired) electrons. The van der Waals surface area contributed by atoms with Gasteiger partial charge in [0.2, 0.25) is 5.91 Å². The second-order valence-corrected chi connectivity index (χ2v) is 12.0. The number of likely N-dealkylation sites (tertiary alicyclic amines) is 1. The van der Waals surface area contributed by atoms with E-state index in [4.69, 9.17) is 10.5 Å². The summed E-state index contributed by atoms with van der Waals surface area (Å²) in [6.07, 6.45) is 5.62. The molecule has 2 aromatic carbocycles.